The molecule has 15 heavy (non-hydrogen) atoms. The molecule has 3 N–H and O–H groups in total. The molecule has 0 amide bonds. The fourth-order valence-corrected chi connectivity index (χ4v) is 3.25. The first-order valence-electron chi connectivity index (χ1n) is 4.27. The Labute approximate surface area is 93.3 Å². The summed E-state index contributed by atoms with van der Waals surface area (Å²) in [5.41, 5.74) is 5.11. The molecule has 0 radical (unpaired) electrons. The highest BCUT2D eigenvalue weighted by Gasteiger charge is 2.13. The standard InChI is InChI=1S/C9H12N2O2S2/c10-9(11)14-6-7-15(12,13)8-4-2-1-3-5-8/h1-5H,6-7H2,(H3,10,11). The van der Waals surface area contributed by atoms with Crippen LogP contribution in [0.25, 0.3) is 0 Å². The molecule has 0 aromatic heterocycles. The van der Waals surface area contributed by atoms with Crippen molar-refractivity contribution in [2.24, 2.45) is 5.73 Å². The SMILES string of the molecule is N=C(N)SCCS(=O)(=O)c1ccccc1. The maximum absolute atomic E-state index is 11.7. The number of amidine groups is 1. The number of rotatable bonds is 4. The van der Waals surface area contributed by atoms with Gasteiger partial charge in [-0.05, 0) is 12.1 Å². The molecule has 0 unspecified atom stereocenters. The third-order valence-electron chi connectivity index (χ3n) is 1.71. The molecule has 0 aliphatic carbocycles. The van der Waals surface area contributed by atoms with Gasteiger partial charge in [-0.25, -0.2) is 8.42 Å². The van der Waals surface area contributed by atoms with Crippen LogP contribution < -0.4 is 5.73 Å². The molecule has 4 nitrogen and oxygen atoms in total. The van der Waals surface area contributed by atoms with E-state index in [1.807, 2.05) is 0 Å². The van der Waals surface area contributed by atoms with Crippen LogP contribution in [0.15, 0.2) is 35.2 Å². The highest BCUT2D eigenvalue weighted by Crippen LogP contribution is 2.11. The lowest BCUT2D eigenvalue weighted by atomic mass is 10.4. The molecule has 0 fully saturated rings. The van der Waals surface area contributed by atoms with Crippen LogP contribution in [0, 0.1) is 5.41 Å². The molecule has 1 aromatic carbocycles. The van der Waals surface area contributed by atoms with E-state index >= 15 is 0 Å². The fraction of sp³-hybridized carbons (Fsp3) is 0.222. The van der Waals surface area contributed by atoms with Gasteiger partial charge in [-0.2, -0.15) is 0 Å². The van der Waals surface area contributed by atoms with Crippen LogP contribution >= 0.6 is 11.8 Å². The van der Waals surface area contributed by atoms with Crippen LogP contribution in [0.5, 0.6) is 0 Å². The fourth-order valence-electron chi connectivity index (χ4n) is 1.01. The van der Waals surface area contributed by atoms with E-state index in [2.05, 4.69) is 0 Å². The van der Waals surface area contributed by atoms with Crippen molar-refractivity contribution in [1.29, 1.82) is 5.41 Å². The van der Waals surface area contributed by atoms with Gasteiger partial charge in [0.05, 0.1) is 10.6 Å². The number of nitrogens with two attached hydrogens (primary N) is 1. The summed E-state index contributed by atoms with van der Waals surface area (Å²) < 4.78 is 23.4. The first-order valence-corrected chi connectivity index (χ1v) is 6.91. The minimum absolute atomic E-state index is 0.00125. The molecular weight excluding hydrogens is 232 g/mol. The number of sulfone groups is 1. The van der Waals surface area contributed by atoms with Crippen LogP contribution in [0.2, 0.25) is 0 Å². The van der Waals surface area contributed by atoms with E-state index in [1.54, 1.807) is 30.3 Å². The minimum Gasteiger partial charge on any atom is -0.379 e. The molecule has 6 heteroatoms. The van der Waals surface area contributed by atoms with Crippen LogP contribution in [0.1, 0.15) is 0 Å². The zero-order valence-electron chi connectivity index (χ0n) is 8.01. The van der Waals surface area contributed by atoms with Crippen molar-refractivity contribution < 1.29 is 8.42 Å². The highest BCUT2D eigenvalue weighted by molar-refractivity contribution is 8.14. The lowest BCUT2D eigenvalue weighted by Crippen LogP contribution is -2.12. The Morgan fingerprint density at radius 1 is 1.33 bits per heavy atom. The average Bonchev–Trinajstić information content (AvgIpc) is 2.18. The van der Waals surface area contributed by atoms with E-state index in [0.717, 1.165) is 11.8 Å². The molecule has 0 aliphatic rings. The molecule has 0 bridgehead atoms. The van der Waals surface area contributed by atoms with Crippen molar-refractivity contribution in [3.8, 4) is 0 Å². The van der Waals surface area contributed by atoms with E-state index in [1.165, 1.54) is 0 Å². The Kier molecular flexibility index (Phi) is 4.16. The summed E-state index contributed by atoms with van der Waals surface area (Å²) in [5, 5.41) is 6.90. The van der Waals surface area contributed by atoms with Crippen molar-refractivity contribution in [3.05, 3.63) is 30.3 Å². The minimum atomic E-state index is -3.23. The van der Waals surface area contributed by atoms with Gasteiger partial charge in [0.1, 0.15) is 0 Å². The Morgan fingerprint density at radius 2 is 1.93 bits per heavy atom. The highest BCUT2D eigenvalue weighted by atomic mass is 32.2. The maximum Gasteiger partial charge on any atom is 0.179 e. The Hall–Kier alpha value is -1.01. The molecule has 1 aromatic rings. The first kappa shape index (κ1) is 12.1. The molecule has 0 spiro atoms. The van der Waals surface area contributed by atoms with Crippen molar-refractivity contribution in [2.75, 3.05) is 11.5 Å². The second-order valence-corrected chi connectivity index (χ2v) is 6.09. The first-order chi connectivity index (χ1) is 7.02. The van der Waals surface area contributed by atoms with Crippen LogP contribution in [-0.2, 0) is 9.84 Å². The second-order valence-electron chi connectivity index (χ2n) is 2.84. The van der Waals surface area contributed by atoms with Crippen molar-refractivity contribution >= 4 is 26.8 Å². The van der Waals surface area contributed by atoms with Gasteiger partial charge < -0.3 is 5.73 Å². The third kappa shape index (κ3) is 3.93. The van der Waals surface area contributed by atoms with Crippen LogP contribution in [0.4, 0.5) is 0 Å². The number of thioether (sulfide) groups is 1. The number of hydrogen-bond acceptors (Lipinski definition) is 4. The Bertz CT molecular complexity index is 429. The van der Waals surface area contributed by atoms with Crippen LogP contribution in [0.3, 0.4) is 0 Å². The topological polar surface area (TPSA) is 84.0 Å². The number of benzene rings is 1. The summed E-state index contributed by atoms with van der Waals surface area (Å²) in [6.07, 6.45) is 0. The normalized spacial score (nSPS) is 11.2. The number of hydrogen-bond donors (Lipinski definition) is 2. The third-order valence-corrected chi connectivity index (χ3v) is 4.42. The summed E-state index contributed by atoms with van der Waals surface area (Å²) in [5.74, 6) is 0.313. The van der Waals surface area contributed by atoms with Gasteiger partial charge in [-0.15, -0.1) is 0 Å². The summed E-state index contributed by atoms with van der Waals surface area (Å²) in [7, 11) is -3.23. The van der Waals surface area contributed by atoms with Gasteiger partial charge in [-0.3, -0.25) is 5.41 Å². The smallest absolute Gasteiger partial charge is 0.179 e. The molecule has 0 atom stereocenters. The van der Waals surface area contributed by atoms with E-state index < -0.39 is 9.84 Å². The van der Waals surface area contributed by atoms with Gasteiger partial charge in [0.2, 0.25) is 0 Å². The zero-order valence-corrected chi connectivity index (χ0v) is 9.64. The summed E-state index contributed by atoms with van der Waals surface area (Å²) in [6, 6.07) is 8.26. The molecule has 0 aliphatic heterocycles. The zero-order chi connectivity index (χ0) is 11.3. The van der Waals surface area contributed by atoms with Crippen molar-refractivity contribution in [3.63, 3.8) is 0 Å². The van der Waals surface area contributed by atoms with E-state index in [9.17, 15) is 8.42 Å². The molecule has 0 heterocycles. The average molecular weight is 244 g/mol. The molecule has 1 rings (SSSR count). The predicted molar refractivity (Wildman–Crippen MR) is 62.9 cm³/mol. The van der Waals surface area contributed by atoms with Crippen LogP contribution in [-0.4, -0.2) is 25.1 Å². The quantitative estimate of drug-likeness (QED) is 0.613. The van der Waals surface area contributed by atoms with E-state index in [4.69, 9.17) is 11.1 Å². The summed E-state index contributed by atoms with van der Waals surface area (Å²) >= 11 is 1.03. The van der Waals surface area contributed by atoms with Crippen molar-refractivity contribution in [1.82, 2.24) is 0 Å². The van der Waals surface area contributed by atoms with Gasteiger partial charge in [0.25, 0.3) is 0 Å². The molecule has 0 saturated carbocycles. The number of nitrogens with one attached hydrogen (secondary N) is 1. The molecular formula is C9H12N2O2S2. The van der Waals surface area contributed by atoms with Gasteiger partial charge in [0, 0.05) is 5.75 Å². The van der Waals surface area contributed by atoms with Crippen molar-refractivity contribution in [2.45, 2.75) is 4.90 Å². The largest absolute Gasteiger partial charge is 0.379 e. The Morgan fingerprint density at radius 3 is 2.47 bits per heavy atom. The van der Waals surface area contributed by atoms with Gasteiger partial charge in [-0.1, -0.05) is 30.0 Å². The maximum atomic E-state index is 11.7. The predicted octanol–water partition coefficient (Wildman–Crippen LogP) is 1.09. The molecule has 82 valence electrons. The lowest BCUT2D eigenvalue weighted by molar-refractivity contribution is 0.597. The second kappa shape index (κ2) is 5.18. The van der Waals surface area contributed by atoms with E-state index in [0.29, 0.717) is 10.6 Å². The summed E-state index contributed by atoms with van der Waals surface area (Å²) in [4.78, 5) is 0.314. The van der Waals surface area contributed by atoms with E-state index in [-0.39, 0.29) is 10.9 Å². The Balaban J connectivity index is 2.65. The lowest BCUT2D eigenvalue weighted by Gasteiger charge is -2.02. The molecule has 0 saturated heterocycles. The monoisotopic (exact) mass is 244 g/mol. The van der Waals surface area contributed by atoms with Gasteiger partial charge in [0.15, 0.2) is 15.0 Å². The van der Waals surface area contributed by atoms with Gasteiger partial charge >= 0.3 is 0 Å². The summed E-state index contributed by atoms with van der Waals surface area (Å²) in [6.45, 7) is 0.